The number of thioether (sulfide) groups is 1. The van der Waals surface area contributed by atoms with Crippen LogP contribution in [0.1, 0.15) is 41.6 Å². The standard InChI is InChI=1S/C20H23N3O2S2/c1-3-10-26-17-12-21-20(27-17)23-19(25)22-16-9-8-13(2)11-15(16)18(24)14-6-4-5-7-14/h3,8-9,11-12,14H,1,4-7,10H2,2H3,(H2,21,22,23,25). The quantitative estimate of drug-likeness (QED) is 0.352. The van der Waals surface area contributed by atoms with E-state index in [9.17, 15) is 9.59 Å². The molecule has 0 bridgehead atoms. The molecule has 2 N–H and O–H groups in total. The largest absolute Gasteiger partial charge is 0.325 e. The molecule has 5 nitrogen and oxygen atoms in total. The number of thiazole rings is 1. The SMILES string of the molecule is C=CCSc1cnc(NC(=O)Nc2ccc(C)cc2C(=O)C2CCCC2)s1. The summed E-state index contributed by atoms with van der Waals surface area (Å²) in [5.41, 5.74) is 2.15. The van der Waals surface area contributed by atoms with Crippen molar-refractivity contribution in [2.24, 2.45) is 5.92 Å². The maximum Gasteiger partial charge on any atom is 0.325 e. The van der Waals surface area contributed by atoms with Crippen LogP contribution in [0.5, 0.6) is 0 Å². The van der Waals surface area contributed by atoms with Gasteiger partial charge in [-0.1, -0.05) is 41.9 Å². The monoisotopic (exact) mass is 401 g/mol. The summed E-state index contributed by atoms with van der Waals surface area (Å²) in [6.45, 7) is 5.64. The van der Waals surface area contributed by atoms with Crippen molar-refractivity contribution in [2.75, 3.05) is 16.4 Å². The summed E-state index contributed by atoms with van der Waals surface area (Å²) >= 11 is 3.03. The second kappa shape index (κ2) is 9.19. The molecule has 27 heavy (non-hydrogen) atoms. The van der Waals surface area contributed by atoms with Gasteiger partial charge in [-0.05, 0) is 31.9 Å². The third kappa shape index (κ3) is 5.20. The molecular weight excluding hydrogens is 378 g/mol. The first-order valence-corrected chi connectivity index (χ1v) is 10.8. The molecule has 0 aliphatic heterocycles. The molecule has 3 rings (SSSR count). The number of nitrogens with zero attached hydrogens (tertiary/aromatic N) is 1. The van der Waals surface area contributed by atoms with Crippen molar-refractivity contribution in [3.05, 3.63) is 48.2 Å². The number of anilines is 2. The Morgan fingerprint density at radius 2 is 2.11 bits per heavy atom. The third-order valence-corrected chi connectivity index (χ3v) is 6.57. The number of amides is 2. The lowest BCUT2D eigenvalue weighted by Gasteiger charge is -2.14. The van der Waals surface area contributed by atoms with Gasteiger partial charge in [-0.2, -0.15) is 0 Å². The van der Waals surface area contributed by atoms with E-state index in [0.717, 1.165) is 41.2 Å². The Bertz CT molecular complexity index is 842. The predicted molar refractivity (Wildman–Crippen MR) is 113 cm³/mol. The molecule has 1 saturated carbocycles. The lowest BCUT2D eigenvalue weighted by atomic mass is 9.94. The van der Waals surface area contributed by atoms with Gasteiger partial charge in [-0.25, -0.2) is 9.78 Å². The van der Waals surface area contributed by atoms with E-state index in [-0.39, 0.29) is 11.7 Å². The van der Waals surface area contributed by atoms with E-state index in [0.29, 0.717) is 16.4 Å². The molecular formula is C20H23N3O2S2. The van der Waals surface area contributed by atoms with Crippen LogP contribution < -0.4 is 10.6 Å². The van der Waals surface area contributed by atoms with Crippen LogP contribution in [-0.4, -0.2) is 22.6 Å². The first-order chi connectivity index (χ1) is 13.1. The fraction of sp³-hybridized carbons (Fsp3) is 0.350. The van der Waals surface area contributed by atoms with E-state index < -0.39 is 6.03 Å². The number of carbonyl (C=O) groups excluding carboxylic acids is 2. The van der Waals surface area contributed by atoms with Crippen LogP contribution in [0.25, 0.3) is 0 Å². The Hall–Kier alpha value is -2.12. The second-order valence-electron chi connectivity index (χ2n) is 6.56. The van der Waals surface area contributed by atoms with Gasteiger partial charge in [0, 0.05) is 17.2 Å². The van der Waals surface area contributed by atoms with Crippen molar-refractivity contribution >= 4 is 45.7 Å². The number of hydrogen-bond acceptors (Lipinski definition) is 5. The maximum absolute atomic E-state index is 12.9. The Balaban J connectivity index is 1.69. The Morgan fingerprint density at radius 1 is 1.33 bits per heavy atom. The number of hydrogen-bond donors (Lipinski definition) is 2. The number of urea groups is 1. The van der Waals surface area contributed by atoms with E-state index in [1.165, 1.54) is 11.3 Å². The highest BCUT2D eigenvalue weighted by Crippen LogP contribution is 2.31. The van der Waals surface area contributed by atoms with Crippen LogP contribution in [0.15, 0.2) is 41.3 Å². The second-order valence-corrected chi connectivity index (χ2v) is 8.91. The Kier molecular flexibility index (Phi) is 6.68. The Labute approximate surface area is 167 Å². The van der Waals surface area contributed by atoms with Gasteiger partial charge in [0.2, 0.25) is 0 Å². The van der Waals surface area contributed by atoms with Gasteiger partial charge in [-0.15, -0.1) is 18.3 Å². The normalized spacial score (nSPS) is 14.1. The van der Waals surface area contributed by atoms with Gasteiger partial charge in [0.05, 0.1) is 16.1 Å². The molecule has 0 unspecified atom stereocenters. The number of Topliss-reactive ketones (excluding diaryl/α,β-unsaturated/α-hetero) is 1. The third-order valence-electron chi connectivity index (χ3n) is 4.46. The van der Waals surface area contributed by atoms with Gasteiger partial charge in [-0.3, -0.25) is 10.1 Å². The molecule has 1 fully saturated rings. The first kappa shape index (κ1) is 19.6. The minimum Gasteiger partial charge on any atom is -0.307 e. The topological polar surface area (TPSA) is 71.1 Å². The minimum atomic E-state index is -0.394. The van der Waals surface area contributed by atoms with Crippen LogP contribution in [0.4, 0.5) is 15.6 Å². The summed E-state index contributed by atoms with van der Waals surface area (Å²) in [4.78, 5) is 29.5. The summed E-state index contributed by atoms with van der Waals surface area (Å²) in [6, 6.07) is 5.16. The molecule has 1 aliphatic carbocycles. The van der Waals surface area contributed by atoms with Gasteiger partial charge < -0.3 is 5.32 Å². The highest BCUT2D eigenvalue weighted by atomic mass is 32.2. The average molecular weight is 402 g/mol. The number of benzene rings is 1. The molecule has 1 aromatic carbocycles. The number of rotatable bonds is 7. The van der Waals surface area contributed by atoms with Gasteiger partial charge in [0.15, 0.2) is 10.9 Å². The molecule has 1 aromatic heterocycles. The molecule has 1 aliphatic rings. The maximum atomic E-state index is 12.9. The van der Waals surface area contributed by atoms with Crippen molar-refractivity contribution in [3.8, 4) is 0 Å². The van der Waals surface area contributed by atoms with Gasteiger partial charge in [0.1, 0.15) is 0 Å². The molecule has 0 saturated heterocycles. The van der Waals surface area contributed by atoms with Crippen LogP contribution in [-0.2, 0) is 0 Å². The summed E-state index contributed by atoms with van der Waals surface area (Å²) in [5.74, 6) is 0.992. The van der Waals surface area contributed by atoms with Crippen LogP contribution >= 0.6 is 23.1 Å². The number of aromatic nitrogens is 1. The molecule has 1 heterocycles. The van der Waals surface area contributed by atoms with Gasteiger partial charge >= 0.3 is 6.03 Å². The van der Waals surface area contributed by atoms with Crippen LogP contribution in [0.3, 0.4) is 0 Å². The van der Waals surface area contributed by atoms with Crippen LogP contribution in [0.2, 0.25) is 0 Å². The van der Waals surface area contributed by atoms with Crippen molar-refractivity contribution in [3.63, 3.8) is 0 Å². The number of ketones is 1. The van der Waals surface area contributed by atoms with Gasteiger partial charge in [0.25, 0.3) is 0 Å². The fourth-order valence-electron chi connectivity index (χ4n) is 3.15. The van der Waals surface area contributed by atoms with Crippen molar-refractivity contribution in [1.29, 1.82) is 0 Å². The zero-order valence-corrected chi connectivity index (χ0v) is 16.9. The smallest absolute Gasteiger partial charge is 0.307 e. The summed E-state index contributed by atoms with van der Waals surface area (Å²) in [5, 5.41) is 6.08. The molecule has 142 valence electrons. The molecule has 7 heteroatoms. The zero-order valence-electron chi connectivity index (χ0n) is 15.3. The molecule has 0 radical (unpaired) electrons. The lowest BCUT2D eigenvalue weighted by Crippen LogP contribution is -2.22. The van der Waals surface area contributed by atoms with Crippen LogP contribution in [0, 0.1) is 12.8 Å². The predicted octanol–water partition coefficient (Wildman–Crippen LogP) is 5.75. The van der Waals surface area contributed by atoms with E-state index in [1.807, 2.05) is 25.1 Å². The van der Waals surface area contributed by atoms with Crippen molar-refractivity contribution in [1.82, 2.24) is 4.98 Å². The summed E-state index contributed by atoms with van der Waals surface area (Å²) < 4.78 is 1.01. The van der Waals surface area contributed by atoms with E-state index >= 15 is 0 Å². The van der Waals surface area contributed by atoms with Crippen molar-refractivity contribution < 1.29 is 9.59 Å². The summed E-state index contributed by atoms with van der Waals surface area (Å²) in [6.07, 6.45) is 7.62. The average Bonchev–Trinajstić information content (AvgIpc) is 3.33. The lowest BCUT2D eigenvalue weighted by molar-refractivity contribution is 0.0923. The molecule has 2 aromatic rings. The molecule has 0 atom stereocenters. The van der Waals surface area contributed by atoms with Crippen molar-refractivity contribution in [2.45, 2.75) is 36.8 Å². The highest BCUT2D eigenvalue weighted by Gasteiger charge is 2.26. The zero-order chi connectivity index (χ0) is 19.2. The first-order valence-electron chi connectivity index (χ1n) is 8.99. The number of nitrogens with one attached hydrogen (secondary N) is 2. The number of carbonyl (C=O) groups is 2. The fourth-order valence-corrected chi connectivity index (χ4v) is 4.79. The van der Waals surface area contributed by atoms with E-state index in [2.05, 4.69) is 22.2 Å². The molecule has 0 spiro atoms. The highest BCUT2D eigenvalue weighted by molar-refractivity contribution is 8.01. The molecule has 2 amide bonds. The Morgan fingerprint density at radius 3 is 2.85 bits per heavy atom. The summed E-state index contributed by atoms with van der Waals surface area (Å²) in [7, 11) is 0. The number of aryl methyl sites for hydroxylation is 1. The van der Waals surface area contributed by atoms with E-state index in [1.54, 1.807) is 24.0 Å². The van der Waals surface area contributed by atoms with E-state index in [4.69, 9.17) is 0 Å². The minimum absolute atomic E-state index is 0.0683.